The number of carboxylic acid groups (broad SMARTS) is 1. The van der Waals surface area contributed by atoms with Gasteiger partial charge in [0.15, 0.2) is 11.4 Å². The number of hydrogen-bond donors (Lipinski definition) is 1. The monoisotopic (exact) mass is 430 g/mol. The molecule has 0 aromatic carbocycles. The number of halogens is 3. The van der Waals surface area contributed by atoms with Crippen LogP contribution in [-0.4, -0.2) is 59.3 Å². The van der Waals surface area contributed by atoms with Crippen molar-refractivity contribution in [2.45, 2.75) is 50.7 Å². The van der Waals surface area contributed by atoms with Crippen molar-refractivity contribution < 1.29 is 37.3 Å². The SMILES string of the molecule is COc1cnc(C(=O)O)c(OCC2CCCN2C(=O)C2CCC(C(F)(F)F)CC2)c1. The highest BCUT2D eigenvalue weighted by molar-refractivity contribution is 5.88. The number of alkyl halides is 3. The number of carbonyl (C=O) groups excluding carboxylic acids is 1. The van der Waals surface area contributed by atoms with Crippen LogP contribution in [0.2, 0.25) is 0 Å². The number of likely N-dealkylation sites (tertiary alicyclic amines) is 1. The van der Waals surface area contributed by atoms with Crippen LogP contribution >= 0.6 is 0 Å². The Kier molecular flexibility index (Phi) is 6.72. The number of aromatic carboxylic acids is 1. The van der Waals surface area contributed by atoms with Crippen LogP contribution in [0.5, 0.6) is 11.5 Å². The first-order chi connectivity index (χ1) is 14.2. The molecule has 7 nitrogen and oxygen atoms in total. The van der Waals surface area contributed by atoms with Crippen molar-refractivity contribution in [3.8, 4) is 11.5 Å². The maximum absolute atomic E-state index is 12.9. The van der Waals surface area contributed by atoms with E-state index in [2.05, 4.69) is 4.98 Å². The van der Waals surface area contributed by atoms with Crippen LogP contribution in [0.3, 0.4) is 0 Å². The standard InChI is InChI=1S/C20H25F3N2O5/c1-29-15-9-16(17(19(27)28)24-10-15)30-11-14-3-2-8-25(14)18(26)12-4-6-13(7-5-12)20(21,22)23/h9-10,12-14H,2-8,11H2,1H3,(H,27,28). The Morgan fingerprint density at radius 1 is 1.23 bits per heavy atom. The summed E-state index contributed by atoms with van der Waals surface area (Å²) in [6, 6.07) is 1.17. The molecule has 1 unspecified atom stereocenters. The van der Waals surface area contributed by atoms with Gasteiger partial charge in [-0.15, -0.1) is 0 Å². The number of hydrogen-bond acceptors (Lipinski definition) is 5. The van der Waals surface area contributed by atoms with E-state index < -0.39 is 24.0 Å². The van der Waals surface area contributed by atoms with Gasteiger partial charge < -0.3 is 19.5 Å². The molecule has 10 heteroatoms. The molecule has 1 saturated carbocycles. The molecule has 1 aromatic heterocycles. The lowest BCUT2D eigenvalue weighted by Gasteiger charge is -2.33. The van der Waals surface area contributed by atoms with Crippen molar-refractivity contribution in [3.05, 3.63) is 18.0 Å². The molecule has 166 valence electrons. The fraction of sp³-hybridized carbons (Fsp3) is 0.650. The summed E-state index contributed by atoms with van der Waals surface area (Å²) in [7, 11) is 1.42. The van der Waals surface area contributed by atoms with Gasteiger partial charge in [0.25, 0.3) is 0 Å². The Hall–Kier alpha value is -2.52. The van der Waals surface area contributed by atoms with E-state index >= 15 is 0 Å². The van der Waals surface area contributed by atoms with Crippen molar-refractivity contribution in [2.24, 2.45) is 11.8 Å². The third-order valence-corrected chi connectivity index (χ3v) is 5.90. The Bertz CT molecular complexity index is 778. The summed E-state index contributed by atoms with van der Waals surface area (Å²) < 4.78 is 49.4. The van der Waals surface area contributed by atoms with Gasteiger partial charge in [-0.3, -0.25) is 4.79 Å². The normalized spacial score (nSPS) is 24.5. The first-order valence-corrected chi connectivity index (χ1v) is 9.98. The van der Waals surface area contributed by atoms with Crippen LogP contribution in [0.4, 0.5) is 13.2 Å². The molecule has 0 bridgehead atoms. The van der Waals surface area contributed by atoms with E-state index in [1.807, 2.05) is 0 Å². The average Bonchev–Trinajstić information content (AvgIpc) is 3.19. The third-order valence-electron chi connectivity index (χ3n) is 5.90. The predicted molar refractivity (Wildman–Crippen MR) is 99.5 cm³/mol. The lowest BCUT2D eigenvalue weighted by molar-refractivity contribution is -0.185. The molecule has 2 fully saturated rings. The van der Waals surface area contributed by atoms with Gasteiger partial charge in [0.1, 0.15) is 12.4 Å². The first kappa shape index (κ1) is 22.2. The summed E-state index contributed by atoms with van der Waals surface area (Å²) in [6.45, 7) is 0.604. The van der Waals surface area contributed by atoms with Gasteiger partial charge in [0.2, 0.25) is 5.91 Å². The maximum Gasteiger partial charge on any atom is 0.391 e. The van der Waals surface area contributed by atoms with Crippen LogP contribution < -0.4 is 9.47 Å². The summed E-state index contributed by atoms with van der Waals surface area (Å²) in [6.07, 6.45) is -1.06. The first-order valence-electron chi connectivity index (χ1n) is 9.98. The van der Waals surface area contributed by atoms with Gasteiger partial charge in [-0.2, -0.15) is 13.2 Å². The molecule has 0 spiro atoms. The molecule has 1 amide bonds. The van der Waals surface area contributed by atoms with Crippen LogP contribution in [-0.2, 0) is 4.79 Å². The Morgan fingerprint density at radius 2 is 1.93 bits per heavy atom. The summed E-state index contributed by atoms with van der Waals surface area (Å²) in [4.78, 5) is 29.8. The lowest BCUT2D eigenvalue weighted by atomic mass is 9.81. The molecule has 1 aromatic rings. The van der Waals surface area contributed by atoms with Crippen LogP contribution in [0.1, 0.15) is 49.0 Å². The molecule has 30 heavy (non-hydrogen) atoms. The van der Waals surface area contributed by atoms with E-state index in [1.54, 1.807) is 4.90 Å². The van der Waals surface area contributed by atoms with Crippen molar-refractivity contribution in [1.29, 1.82) is 0 Å². The smallest absolute Gasteiger partial charge is 0.391 e. The molecule has 1 aliphatic carbocycles. The minimum atomic E-state index is -4.20. The topological polar surface area (TPSA) is 89.0 Å². The highest BCUT2D eigenvalue weighted by Crippen LogP contribution is 2.40. The fourth-order valence-corrected chi connectivity index (χ4v) is 4.20. The van der Waals surface area contributed by atoms with Gasteiger partial charge in [0, 0.05) is 18.5 Å². The zero-order valence-electron chi connectivity index (χ0n) is 16.7. The highest BCUT2D eigenvalue weighted by atomic mass is 19.4. The Balaban J connectivity index is 1.62. The number of nitrogens with zero attached hydrogens (tertiary/aromatic N) is 2. The zero-order chi connectivity index (χ0) is 21.9. The van der Waals surface area contributed by atoms with Gasteiger partial charge in [-0.25, -0.2) is 9.78 Å². The number of aromatic nitrogens is 1. The van der Waals surface area contributed by atoms with E-state index in [0.29, 0.717) is 18.7 Å². The largest absolute Gasteiger partial charge is 0.495 e. The molecule has 1 atom stereocenters. The lowest BCUT2D eigenvalue weighted by Crippen LogP contribution is -2.44. The fourth-order valence-electron chi connectivity index (χ4n) is 4.20. The Labute approximate surface area is 172 Å². The minimum Gasteiger partial charge on any atom is -0.495 e. The summed E-state index contributed by atoms with van der Waals surface area (Å²) >= 11 is 0. The van der Waals surface area contributed by atoms with Crippen molar-refractivity contribution >= 4 is 11.9 Å². The minimum absolute atomic E-state index is 0.0215. The molecule has 2 aliphatic rings. The third kappa shape index (κ3) is 4.96. The summed E-state index contributed by atoms with van der Waals surface area (Å²) in [5.41, 5.74) is -0.253. The van der Waals surface area contributed by atoms with Crippen LogP contribution in [0, 0.1) is 11.8 Å². The number of ether oxygens (including phenoxy) is 2. The average molecular weight is 430 g/mol. The van der Waals surface area contributed by atoms with Gasteiger partial charge in [0.05, 0.1) is 25.3 Å². The molecular weight excluding hydrogens is 405 g/mol. The van der Waals surface area contributed by atoms with E-state index in [-0.39, 0.29) is 55.7 Å². The second-order valence-corrected chi connectivity index (χ2v) is 7.76. The molecule has 1 aliphatic heterocycles. The second-order valence-electron chi connectivity index (χ2n) is 7.76. The second kappa shape index (κ2) is 9.09. The van der Waals surface area contributed by atoms with Crippen molar-refractivity contribution in [2.75, 3.05) is 20.3 Å². The quantitative estimate of drug-likeness (QED) is 0.743. The maximum atomic E-state index is 12.9. The van der Waals surface area contributed by atoms with Gasteiger partial charge >= 0.3 is 12.1 Å². The molecule has 2 heterocycles. The van der Waals surface area contributed by atoms with Gasteiger partial charge in [-0.1, -0.05) is 0 Å². The molecule has 1 N–H and O–H groups in total. The molecule has 1 saturated heterocycles. The van der Waals surface area contributed by atoms with Crippen LogP contribution in [0.25, 0.3) is 0 Å². The van der Waals surface area contributed by atoms with Crippen LogP contribution in [0.15, 0.2) is 12.3 Å². The predicted octanol–water partition coefficient (Wildman–Crippen LogP) is 3.53. The summed E-state index contributed by atoms with van der Waals surface area (Å²) in [5.74, 6) is -2.72. The van der Waals surface area contributed by atoms with E-state index in [4.69, 9.17) is 9.47 Å². The number of methoxy groups -OCH3 is 1. The number of carbonyl (C=O) groups is 2. The number of rotatable bonds is 6. The number of carboxylic acids is 1. The van der Waals surface area contributed by atoms with E-state index in [1.165, 1.54) is 19.4 Å². The zero-order valence-corrected chi connectivity index (χ0v) is 16.7. The number of amides is 1. The van der Waals surface area contributed by atoms with E-state index in [0.717, 1.165) is 6.42 Å². The summed E-state index contributed by atoms with van der Waals surface area (Å²) in [5, 5.41) is 9.28. The Morgan fingerprint density at radius 3 is 2.53 bits per heavy atom. The van der Waals surface area contributed by atoms with Gasteiger partial charge in [-0.05, 0) is 38.5 Å². The van der Waals surface area contributed by atoms with Crippen molar-refractivity contribution in [1.82, 2.24) is 9.88 Å². The molecule has 0 radical (unpaired) electrons. The van der Waals surface area contributed by atoms with Crippen molar-refractivity contribution in [3.63, 3.8) is 0 Å². The number of pyridine rings is 1. The highest BCUT2D eigenvalue weighted by Gasteiger charge is 2.44. The van der Waals surface area contributed by atoms with E-state index in [9.17, 15) is 27.9 Å². The molecule has 3 rings (SSSR count). The molecular formula is C20H25F3N2O5.